The van der Waals surface area contributed by atoms with Gasteiger partial charge in [0.25, 0.3) is 11.7 Å². The summed E-state index contributed by atoms with van der Waals surface area (Å²) in [5.74, 6) is -0.454. The number of ether oxygens (including phenoxy) is 2. The molecule has 1 saturated heterocycles. The van der Waals surface area contributed by atoms with E-state index >= 15 is 0 Å². The molecule has 1 aliphatic heterocycles. The molecule has 1 aliphatic rings. The summed E-state index contributed by atoms with van der Waals surface area (Å²) in [7, 11) is 1.56. The van der Waals surface area contributed by atoms with Crippen LogP contribution in [0, 0.1) is 0 Å². The second kappa shape index (κ2) is 9.56. The molecular formula is C26H24N2O5. The minimum atomic E-state index is -0.771. The fourth-order valence-corrected chi connectivity index (χ4v) is 3.92. The number of pyridine rings is 1. The first kappa shape index (κ1) is 22.1. The Morgan fingerprint density at radius 2 is 1.85 bits per heavy atom. The molecule has 168 valence electrons. The molecule has 33 heavy (non-hydrogen) atoms. The minimum absolute atomic E-state index is 0.0303. The number of methoxy groups -OCH3 is 1. The monoisotopic (exact) mass is 444 g/mol. The summed E-state index contributed by atoms with van der Waals surface area (Å²) in [6, 6.07) is 16.8. The molecule has 0 saturated carbocycles. The smallest absolute Gasteiger partial charge is 0.295 e. The van der Waals surface area contributed by atoms with Crippen molar-refractivity contribution in [3.63, 3.8) is 0 Å². The molecule has 0 spiro atoms. The van der Waals surface area contributed by atoms with Crippen LogP contribution in [0.2, 0.25) is 0 Å². The number of aromatic nitrogens is 1. The summed E-state index contributed by atoms with van der Waals surface area (Å²) >= 11 is 0. The number of likely N-dealkylation sites (tertiary alicyclic amines) is 1. The van der Waals surface area contributed by atoms with Gasteiger partial charge in [-0.3, -0.25) is 14.6 Å². The van der Waals surface area contributed by atoms with Crippen LogP contribution in [-0.4, -0.2) is 40.4 Å². The Labute approximate surface area is 191 Å². The van der Waals surface area contributed by atoms with E-state index in [0.717, 1.165) is 5.56 Å². The summed E-state index contributed by atoms with van der Waals surface area (Å²) in [5.41, 5.74) is 1.89. The molecule has 1 atom stereocenters. The number of Topliss-reactive ketones (excluding diaryl/α,β-unsaturated/α-hetero) is 1. The van der Waals surface area contributed by atoms with Crippen LogP contribution in [0.15, 0.2) is 78.6 Å². The first-order valence-electron chi connectivity index (χ1n) is 10.6. The maximum Gasteiger partial charge on any atom is 0.295 e. The maximum atomic E-state index is 13.2. The molecule has 0 bridgehead atoms. The third kappa shape index (κ3) is 4.43. The van der Waals surface area contributed by atoms with E-state index in [1.807, 2.05) is 13.0 Å². The molecule has 3 aromatic rings. The Morgan fingerprint density at radius 3 is 2.52 bits per heavy atom. The van der Waals surface area contributed by atoms with E-state index in [2.05, 4.69) is 4.98 Å². The number of carbonyl (C=O) groups excluding carboxylic acids is 2. The van der Waals surface area contributed by atoms with Crippen LogP contribution in [0.3, 0.4) is 0 Å². The van der Waals surface area contributed by atoms with Gasteiger partial charge in [0.2, 0.25) is 0 Å². The van der Waals surface area contributed by atoms with E-state index in [1.54, 1.807) is 74.1 Å². The van der Waals surface area contributed by atoms with Gasteiger partial charge >= 0.3 is 0 Å². The van der Waals surface area contributed by atoms with Crippen molar-refractivity contribution in [1.29, 1.82) is 0 Å². The highest BCUT2D eigenvalue weighted by atomic mass is 16.5. The molecule has 4 rings (SSSR count). The van der Waals surface area contributed by atoms with E-state index in [1.165, 1.54) is 4.90 Å². The van der Waals surface area contributed by atoms with Crippen molar-refractivity contribution in [2.45, 2.75) is 19.5 Å². The number of hydrogen-bond donors (Lipinski definition) is 1. The Hall–Kier alpha value is -4.13. The van der Waals surface area contributed by atoms with Gasteiger partial charge in [-0.2, -0.15) is 0 Å². The van der Waals surface area contributed by atoms with E-state index in [-0.39, 0.29) is 17.9 Å². The molecular weight excluding hydrogens is 420 g/mol. The second-order valence-electron chi connectivity index (χ2n) is 7.52. The van der Waals surface area contributed by atoms with Gasteiger partial charge in [-0.25, -0.2) is 0 Å². The normalized spacial score (nSPS) is 17.3. The van der Waals surface area contributed by atoms with Crippen LogP contribution < -0.4 is 9.47 Å². The average molecular weight is 444 g/mol. The van der Waals surface area contributed by atoms with Crippen LogP contribution in [0.25, 0.3) is 5.76 Å². The SMILES string of the molecule is CCOc1cccc(C(O)=C2C(=O)C(=O)N(Cc3cccnc3)C2c2ccc(OC)cc2)c1. The summed E-state index contributed by atoms with van der Waals surface area (Å²) < 4.78 is 10.8. The van der Waals surface area contributed by atoms with Crippen LogP contribution in [0.1, 0.15) is 29.7 Å². The Morgan fingerprint density at radius 1 is 1.06 bits per heavy atom. The topological polar surface area (TPSA) is 89.0 Å². The molecule has 7 heteroatoms. The van der Waals surface area contributed by atoms with Gasteiger partial charge in [-0.1, -0.05) is 30.3 Å². The Bertz CT molecular complexity index is 1190. The van der Waals surface area contributed by atoms with Crippen LogP contribution in [0.4, 0.5) is 0 Å². The second-order valence-corrected chi connectivity index (χ2v) is 7.52. The zero-order valence-electron chi connectivity index (χ0n) is 18.4. The van der Waals surface area contributed by atoms with Crippen LogP contribution in [-0.2, 0) is 16.1 Å². The average Bonchev–Trinajstić information content (AvgIpc) is 3.09. The summed E-state index contributed by atoms with van der Waals surface area (Å²) in [6.07, 6.45) is 3.29. The quantitative estimate of drug-likeness (QED) is 0.335. The lowest BCUT2D eigenvalue weighted by molar-refractivity contribution is -0.140. The number of benzene rings is 2. The van der Waals surface area contributed by atoms with Crippen molar-refractivity contribution in [2.75, 3.05) is 13.7 Å². The predicted octanol–water partition coefficient (Wildman–Crippen LogP) is 4.11. The number of nitrogens with zero attached hydrogens (tertiary/aromatic N) is 2. The minimum Gasteiger partial charge on any atom is -0.507 e. The molecule has 2 heterocycles. The molecule has 1 fully saturated rings. The number of ketones is 1. The van der Waals surface area contributed by atoms with E-state index < -0.39 is 17.7 Å². The molecule has 7 nitrogen and oxygen atoms in total. The standard InChI is InChI=1S/C26H24N2O5/c1-3-33-21-8-4-7-19(14-21)24(29)22-23(18-9-11-20(32-2)12-10-18)28(26(31)25(22)30)16-17-6-5-13-27-15-17/h4-15,23,29H,3,16H2,1-2H3. The lowest BCUT2D eigenvalue weighted by atomic mass is 9.95. The van der Waals surface area contributed by atoms with Gasteiger partial charge in [0.1, 0.15) is 17.3 Å². The number of aliphatic hydroxyl groups excluding tert-OH is 1. The number of hydrogen-bond acceptors (Lipinski definition) is 6. The van der Waals surface area contributed by atoms with Gasteiger partial charge in [0.05, 0.1) is 25.3 Å². The van der Waals surface area contributed by atoms with Gasteiger partial charge in [0.15, 0.2) is 0 Å². The highest BCUT2D eigenvalue weighted by molar-refractivity contribution is 6.46. The van der Waals surface area contributed by atoms with Gasteiger partial charge < -0.3 is 19.5 Å². The Balaban J connectivity index is 1.84. The zero-order valence-corrected chi connectivity index (χ0v) is 18.4. The number of rotatable bonds is 7. The van der Waals surface area contributed by atoms with Gasteiger partial charge in [-0.05, 0) is 48.4 Å². The van der Waals surface area contributed by atoms with Crippen molar-refractivity contribution in [1.82, 2.24) is 9.88 Å². The fourth-order valence-electron chi connectivity index (χ4n) is 3.92. The first-order valence-corrected chi connectivity index (χ1v) is 10.6. The van der Waals surface area contributed by atoms with Crippen LogP contribution >= 0.6 is 0 Å². The summed E-state index contributed by atoms with van der Waals surface area (Å²) in [6.45, 7) is 2.50. The molecule has 1 aromatic heterocycles. The molecule has 1 N–H and O–H groups in total. The third-order valence-corrected chi connectivity index (χ3v) is 5.47. The highest BCUT2D eigenvalue weighted by Crippen LogP contribution is 2.41. The number of amides is 1. The summed E-state index contributed by atoms with van der Waals surface area (Å²) in [4.78, 5) is 31.8. The summed E-state index contributed by atoms with van der Waals surface area (Å²) in [5, 5.41) is 11.2. The predicted molar refractivity (Wildman–Crippen MR) is 123 cm³/mol. The van der Waals surface area contributed by atoms with E-state index in [0.29, 0.717) is 29.2 Å². The van der Waals surface area contributed by atoms with Crippen molar-refractivity contribution >= 4 is 17.4 Å². The highest BCUT2D eigenvalue weighted by Gasteiger charge is 2.46. The number of carbonyl (C=O) groups is 2. The van der Waals surface area contributed by atoms with Crippen LogP contribution in [0.5, 0.6) is 11.5 Å². The molecule has 1 unspecified atom stereocenters. The molecule has 1 amide bonds. The van der Waals surface area contributed by atoms with Crippen molar-refractivity contribution in [3.8, 4) is 11.5 Å². The Kier molecular flexibility index (Phi) is 6.40. The van der Waals surface area contributed by atoms with E-state index in [9.17, 15) is 14.7 Å². The number of aliphatic hydroxyl groups is 1. The lowest BCUT2D eigenvalue weighted by Gasteiger charge is -2.25. The molecule has 0 aliphatic carbocycles. The van der Waals surface area contributed by atoms with Gasteiger partial charge in [0, 0.05) is 24.5 Å². The van der Waals surface area contributed by atoms with Crippen molar-refractivity contribution < 1.29 is 24.2 Å². The first-order chi connectivity index (χ1) is 16.0. The molecule has 0 radical (unpaired) electrons. The lowest BCUT2D eigenvalue weighted by Crippen LogP contribution is -2.29. The van der Waals surface area contributed by atoms with E-state index in [4.69, 9.17) is 9.47 Å². The fraction of sp³-hybridized carbons (Fsp3) is 0.192. The van der Waals surface area contributed by atoms with Gasteiger partial charge in [-0.15, -0.1) is 0 Å². The largest absolute Gasteiger partial charge is 0.507 e. The molecule has 2 aromatic carbocycles. The third-order valence-electron chi connectivity index (χ3n) is 5.47. The zero-order chi connectivity index (χ0) is 23.4. The van der Waals surface area contributed by atoms with Crippen molar-refractivity contribution in [3.05, 3.63) is 95.3 Å². The van der Waals surface area contributed by atoms with Crippen molar-refractivity contribution in [2.24, 2.45) is 0 Å². The maximum absolute atomic E-state index is 13.2.